The SMILES string of the molecule is CC(C)(CNC(=O)[C@@H]1CCC[C@@H]1CN)c1ccc(Cl)cc1.Cl. The van der Waals surface area contributed by atoms with Crippen molar-refractivity contribution in [3.05, 3.63) is 34.9 Å². The van der Waals surface area contributed by atoms with Crippen LogP contribution >= 0.6 is 24.0 Å². The molecule has 1 aliphatic rings. The van der Waals surface area contributed by atoms with Gasteiger partial charge in [0.05, 0.1) is 0 Å². The first-order chi connectivity index (χ1) is 9.94. The zero-order valence-electron chi connectivity index (χ0n) is 13.3. The third-order valence-corrected chi connectivity index (χ3v) is 4.88. The smallest absolute Gasteiger partial charge is 0.223 e. The fourth-order valence-corrected chi connectivity index (χ4v) is 3.23. The average molecular weight is 345 g/mol. The number of benzene rings is 1. The van der Waals surface area contributed by atoms with Crippen molar-refractivity contribution in [3.63, 3.8) is 0 Å². The molecule has 0 unspecified atom stereocenters. The van der Waals surface area contributed by atoms with Gasteiger partial charge in [-0.25, -0.2) is 0 Å². The molecule has 5 heteroatoms. The van der Waals surface area contributed by atoms with Gasteiger partial charge in [0.15, 0.2) is 0 Å². The van der Waals surface area contributed by atoms with Crippen LogP contribution in [-0.4, -0.2) is 19.0 Å². The second-order valence-corrected chi connectivity index (χ2v) is 7.08. The molecule has 3 N–H and O–H groups in total. The Bertz CT molecular complexity index is 488. The molecule has 0 aliphatic heterocycles. The lowest BCUT2D eigenvalue weighted by molar-refractivity contribution is -0.126. The Balaban J connectivity index is 0.00000242. The van der Waals surface area contributed by atoms with E-state index in [0.717, 1.165) is 24.3 Å². The van der Waals surface area contributed by atoms with Gasteiger partial charge in [0.1, 0.15) is 0 Å². The van der Waals surface area contributed by atoms with E-state index in [1.807, 2.05) is 24.3 Å². The number of carbonyl (C=O) groups is 1. The number of halogens is 2. The minimum Gasteiger partial charge on any atom is -0.355 e. The Morgan fingerprint density at radius 3 is 2.55 bits per heavy atom. The molecule has 1 aromatic rings. The van der Waals surface area contributed by atoms with Crippen molar-refractivity contribution < 1.29 is 4.79 Å². The van der Waals surface area contributed by atoms with Crippen LogP contribution in [0.2, 0.25) is 5.02 Å². The highest BCUT2D eigenvalue weighted by Crippen LogP contribution is 2.31. The van der Waals surface area contributed by atoms with Gasteiger partial charge in [-0.15, -0.1) is 12.4 Å². The van der Waals surface area contributed by atoms with Gasteiger partial charge >= 0.3 is 0 Å². The summed E-state index contributed by atoms with van der Waals surface area (Å²) in [6.45, 7) is 5.50. The van der Waals surface area contributed by atoms with Crippen molar-refractivity contribution in [3.8, 4) is 0 Å². The van der Waals surface area contributed by atoms with E-state index < -0.39 is 0 Å². The molecule has 0 aromatic heterocycles. The van der Waals surface area contributed by atoms with Crippen LogP contribution < -0.4 is 11.1 Å². The molecule has 0 spiro atoms. The van der Waals surface area contributed by atoms with E-state index in [1.165, 1.54) is 5.56 Å². The molecule has 22 heavy (non-hydrogen) atoms. The molecular formula is C17H26Cl2N2O. The predicted molar refractivity (Wildman–Crippen MR) is 94.6 cm³/mol. The Morgan fingerprint density at radius 1 is 1.32 bits per heavy atom. The molecule has 0 bridgehead atoms. The van der Waals surface area contributed by atoms with Gasteiger partial charge in [-0.2, -0.15) is 0 Å². The number of carbonyl (C=O) groups excluding carboxylic acids is 1. The molecular weight excluding hydrogens is 319 g/mol. The maximum atomic E-state index is 12.4. The molecule has 1 aromatic carbocycles. The number of hydrogen-bond acceptors (Lipinski definition) is 2. The van der Waals surface area contributed by atoms with Crippen molar-refractivity contribution in [1.29, 1.82) is 0 Å². The average Bonchev–Trinajstić information content (AvgIpc) is 2.94. The minimum atomic E-state index is -0.114. The highest BCUT2D eigenvalue weighted by Gasteiger charge is 2.32. The van der Waals surface area contributed by atoms with Crippen LogP contribution in [0.15, 0.2) is 24.3 Å². The molecule has 0 heterocycles. The molecule has 2 rings (SSSR count). The number of hydrogen-bond donors (Lipinski definition) is 2. The Morgan fingerprint density at radius 2 is 1.95 bits per heavy atom. The molecule has 1 saturated carbocycles. The quantitative estimate of drug-likeness (QED) is 0.858. The third-order valence-electron chi connectivity index (χ3n) is 4.63. The lowest BCUT2D eigenvalue weighted by Crippen LogP contribution is -2.41. The third kappa shape index (κ3) is 4.61. The summed E-state index contributed by atoms with van der Waals surface area (Å²) in [5.41, 5.74) is 6.82. The summed E-state index contributed by atoms with van der Waals surface area (Å²) in [4.78, 5) is 12.4. The molecule has 0 saturated heterocycles. The second kappa shape index (κ2) is 8.19. The van der Waals surface area contributed by atoms with Gasteiger partial charge < -0.3 is 11.1 Å². The van der Waals surface area contributed by atoms with Gasteiger partial charge in [-0.1, -0.05) is 44.0 Å². The van der Waals surface area contributed by atoms with Crippen LogP contribution in [0.5, 0.6) is 0 Å². The first kappa shape index (κ1) is 19.3. The van der Waals surface area contributed by atoms with Gasteiger partial charge in [0.25, 0.3) is 0 Å². The zero-order valence-corrected chi connectivity index (χ0v) is 14.8. The van der Waals surface area contributed by atoms with E-state index in [0.29, 0.717) is 19.0 Å². The highest BCUT2D eigenvalue weighted by molar-refractivity contribution is 6.30. The van der Waals surface area contributed by atoms with Crippen LogP contribution in [0.25, 0.3) is 0 Å². The summed E-state index contributed by atoms with van der Waals surface area (Å²) < 4.78 is 0. The summed E-state index contributed by atoms with van der Waals surface area (Å²) in [5.74, 6) is 0.602. The van der Waals surface area contributed by atoms with Crippen molar-refractivity contribution in [2.75, 3.05) is 13.1 Å². The summed E-state index contributed by atoms with van der Waals surface area (Å²) >= 11 is 5.93. The standard InChI is InChI=1S/C17H25ClN2O.ClH/c1-17(2,13-6-8-14(18)9-7-13)11-20-16(21)15-5-3-4-12(15)10-19;/h6-9,12,15H,3-5,10-11,19H2,1-2H3,(H,20,21);1H/t12-,15-;/m1./s1. The van der Waals surface area contributed by atoms with Crippen molar-refractivity contribution in [2.24, 2.45) is 17.6 Å². The number of rotatable bonds is 5. The topological polar surface area (TPSA) is 55.1 Å². The van der Waals surface area contributed by atoms with Gasteiger partial charge in [0.2, 0.25) is 5.91 Å². The van der Waals surface area contributed by atoms with E-state index in [4.69, 9.17) is 17.3 Å². The van der Waals surface area contributed by atoms with Crippen molar-refractivity contribution in [1.82, 2.24) is 5.32 Å². The minimum absolute atomic E-state index is 0. The molecule has 3 nitrogen and oxygen atoms in total. The van der Waals surface area contributed by atoms with Crippen LogP contribution in [0, 0.1) is 11.8 Å². The Hall–Kier alpha value is -0.770. The van der Waals surface area contributed by atoms with E-state index in [9.17, 15) is 4.79 Å². The van der Waals surface area contributed by atoms with E-state index in [2.05, 4.69) is 19.2 Å². The molecule has 1 aliphatic carbocycles. The van der Waals surface area contributed by atoms with Crippen molar-refractivity contribution in [2.45, 2.75) is 38.5 Å². The van der Waals surface area contributed by atoms with Gasteiger partial charge in [0, 0.05) is 22.9 Å². The summed E-state index contributed by atoms with van der Waals surface area (Å²) in [6.07, 6.45) is 3.16. The fourth-order valence-electron chi connectivity index (χ4n) is 3.11. The zero-order chi connectivity index (χ0) is 15.5. The van der Waals surface area contributed by atoms with Crippen LogP contribution in [0.4, 0.5) is 0 Å². The number of nitrogens with one attached hydrogen (secondary N) is 1. The Kier molecular flexibility index (Phi) is 7.17. The molecule has 0 radical (unpaired) electrons. The maximum absolute atomic E-state index is 12.4. The first-order valence-electron chi connectivity index (χ1n) is 7.68. The summed E-state index contributed by atoms with van der Waals surface area (Å²) in [5, 5.41) is 3.85. The lowest BCUT2D eigenvalue weighted by Gasteiger charge is -2.27. The molecule has 2 atom stereocenters. The fraction of sp³-hybridized carbons (Fsp3) is 0.588. The predicted octanol–water partition coefficient (Wildman–Crippen LogP) is 3.53. The largest absolute Gasteiger partial charge is 0.355 e. The van der Waals surface area contributed by atoms with Gasteiger partial charge in [-0.05, 0) is 43.0 Å². The summed E-state index contributed by atoms with van der Waals surface area (Å²) in [6, 6.07) is 7.82. The Labute approximate surface area is 144 Å². The second-order valence-electron chi connectivity index (χ2n) is 6.64. The van der Waals surface area contributed by atoms with Crippen molar-refractivity contribution >= 4 is 29.9 Å². The number of amides is 1. The van der Waals surface area contributed by atoms with Crippen LogP contribution in [0.1, 0.15) is 38.7 Å². The lowest BCUT2D eigenvalue weighted by atomic mass is 9.84. The van der Waals surface area contributed by atoms with E-state index in [-0.39, 0.29) is 29.6 Å². The molecule has 1 fully saturated rings. The monoisotopic (exact) mass is 344 g/mol. The number of nitrogens with two attached hydrogens (primary N) is 1. The van der Waals surface area contributed by atoms with E-state index in [1.54, 1.807) is 0 Å². The first-order valence-corrected chi connectivity index (χ1v) is 8.05. The molecule has 124 valence electrons. The van der Waals surface area contributed by atoms with E-state index >= 15 is 0 Å². The highest BCUT2D eigenvalue weighted by atomic mass is 35.5. The van der Waals surface area contributed by atoms with Crippen LogP contribution in [-0.2, 0) is 10.2 Å². The maximum Gasteiger partial charge on any atom is 0.223 e. The summed E-state index contributed by atoms with van der Waals surface area (Å²) in [7, 11) is 0. The van der Waals surface area contributed by atoms with Gasteiger partial charge in [-0.3, -0.25) is 4.79 Å². The molecule has 1 amide bonds. The normalized spacial score (nSPS) is 21.3. The van der Waals surface area contributed by atoms with Crippen LogP contribution in [0.3, 0.4) is 0 Å².